The molecule has 2 rings (SSSR count). The van der Waals surface area contributed by atoms with Crippen molar-refractivity contribution < 1.29 is 9.90 Å². The molecule has 1 aliphatic heterocycles. The number of hydrogen-bond donors (Lipinski definition) is 2. The Morgan fingerprint density at radius 2 is 1.95 bits per heavy atom. The van der Waals surface area contributed by atoms with Gasteiger partial charge in [0.05, 0.1) is 12.6 Å². The molecule has 20 heavy (non-hydrogen) atoms. The second-order valence-electron chi connectivity index (χ2n) is 6.49. The summed E-state index contributed by atoms with van der Waals surface area (Å²) in [6.07, 6.45) is 7.49. The van der Waals surface area contributed by atoms with E-state index in [1.54, 1.807) is 0 Å². The van der Waals surface area contributed by atoms with Crippen LogP contribution in [0.2, 0.25) is 0 Å². The summed E-state index contributed by atoms with van der Waals surface area (Å²) >= 11 is 0. The van der Waals surface area contributed by atoms with Gasteiger partial charge in [-0.25, -0.2) is 0 Å². The number of carbonyl (C=O) groups excluding carboxylic acids is 1. The average Bonchev–Trinajstić information content (AvgIpc) is 2.41. The zero-order chi connectivity index (χ0) is 14.5. The number of likely N-dealkylation sites (N-methyl/N-ethyl adjacent to an activating group) is 1. The summed E-state index contributed by atoms with van der Waals surface area (Å²) in [7, 11) is 2.18. The molecule has 0 aromatic heterocycles. The highest BCUT2D eigenvalue weighted by molar-refractivity contribution is 5.75. The summed E-state index contributed by atoms with van der Waals surface area (Å²) in [6, 6.07) is 1.03. The third-order valence-electron chi connectivity index (χ3n) is 4.90. The summed E-state index contributed by atoms with van der Waals surface area (Å²) in [5.41, 5.74) is 5.35. The number of carbonyl (C=O) groups is 1. The number of rotatable bonds is 5. The Morgan fingerprint density at radius 1 is 1.25 bits per heavy atom. The van der Waals surface area contributed by atoms with Crippen molar-refractivity contribution in [1.29, 1.82) is 0 Å². The standard InChI is InChI=1S/C15H29N3O2/c1-17(12-5-7-14(19)8-6-12)10-13-4-2-3-9-18(13)11-15(16)20/h12-14,19H,2-11H2,1H3,(H2,16,20)/t12-,13?,14-. The Bertz CT molecular complexity index is 316. The first kappa shape index (κ1) is 15.7. The molecule has 1 heterocycles. The molecular formula is C15H29N3O2. The largest absolute Gasteiger partial charge is 0.393 e. The first-order chi connectivity index (χ1) is 9.56. The SMILES string of the molecule is CN(CC1CCCCN1CC(N)=O)[C@H]1CC[C@H](O)CC1. The smallest absolute Gasteiger partial charge is 0.231 e. The molecular weight excluding hydrogens is 254 g/mol. The summed E-state index contributed by atoms with van der Waals surface area (Å²) in [6.45, 7) is 2.39. The molecule has 1 saturated carbocycles. The monoisotopic (exact) mass is 283 g/mol. The van der Waals surface area contributed by atoms with Gasteiger partial charge < -0.3 is 15.7 Å². The molecule has 2 fully saturated rings. The van der Waals surface area contributed by atoms with E-state index in [9.17, 15) is 9.90 Å². The fraction of sp³-hybridized carbons (Fsp3) is 0.933. The van der Waals surface area contributed by atoms with Crippen LogP contribution in [0.3, 0.4) is 0 Å². The van der Waals surface area contributed by atoms with Crippen LogP contribution in [0.25, 0.3) is 0 Å². The van der Waals surface area contributed by atoms with Crippen LogP contribution >= 0.6 is 0 Å². The van der Waals surface area contributed by atoms with E-state index in [-0.39, 0.29) is 12.0 Å². The maximum atomic E-state index is 11.2. The molecule has 1 amide bonds. The van der Waals surface area contributed by atoms with Gasteiger partial charge in [-0.15, -0.1) is 0 Å². The number of piperidine rings is 1. The van der Waals surface area contributed by atoms with E-state index in [0.29, 0.717) is 18.6 Å². The molecule has 1 unspecified atom stereocenters. The number of amides is 1. The lowest BCUT2D eigenvalue weighted by Crippen LogP contribution is -2.51. The molecule has 1 saturated heterocycles. The Morgan fingerprint density at radius 3 is 2.60 bits per heavy atom. The lowest BCUT2D eigenvalue weighted by atomic mass is 9.91. The van der Waals surface area contributed by atoms with E-state index in [0.717, 1.165) is 45.2 Å². The Balaban J connectivity index is 1.84. The number of aliphatic hydroxyl groups excluding tert-OH is 1. The quantitative estimate of drug-likeness (QED) is 0.773. The Labute approximate surface area is 122 Å². The summed E-state index contributed by atoms with van der Waals surface area (Å²) < 4.78 is 0. The number of hydrogen-bond acceptors (Lipinski definition) is 4. The highest BCUT2D eigenvalue weighted by Crippen LogP contribution is 2.24. The predicted molar refractivity (Wildman–Crippen MR) is 79.3 cm³/mol. The number of primary amides is 1. The van der Waals surface area contributed by atoms with Crippen molar-refractivity contribution in [3.05, 3.63) is 0 Å². The minimum atomic E-state index is -0.222. The number of aliphatic hydroxyl groups is 1. The van der Waals surface area contributed by atoms with Crippen molar-refractivity contribution in [1.82, 2.24) is 9.80 Å². The van der Waals surface area contributed by atoms with Crippen LogP contribution in [-0.4, -0.2) is 65.7 Å². The van der Waals surface area contributed by atoms with Crippen LogP contribution < -0.4 is 5.73 Å². The van der Waals surface area contributed by atoms with Gasteiger partial charge in [-0.2, -0.15) is 0 Å². The highest BCUT2D eigenvalue weighted by Gasteiger charge is 2.28. The van der Waals surface area contributed by atoms with Crippen molar-refractivity contribution >= 4 is 5.91 Å². The molecule has 116 valence electrons. The van der Waals surface area contributed by atoms with Gasteiger partial charge in [0.25, 0.3) is 0 Å². The van der Waals surface area contributed by atoms with Crippen LogP contribution in [0, 0.1) is 0 Å². The van der Waals surface area contributed by atoms with Gasteiger partial charge in [0, 0.05) is 18.6 Å². The van der Waals surface area contributed by atoms with Crippen molar-refractivity contribution in [2.75, 3.05) is 26.7 Å². The first-order valence-corrected chi connectivity index (χ1v) is 7.97. The van der Waals surface area contributed by atoms with E-state index < -0.39 is 0 Å². The highest BCUT2D eigenvalue weighted by atomic mass is 16.3. The number of nitrogens with two attached hydrogens (primary N) is 1. The first-order valence-electron chi connectivity index (χ1n) is 7.97. The Kier molecular flexibility index (Phi) is 5.81. The fourth-order valence-electron chi connectivity index (χ4n) is 3.66. The van der Waals surface area contributed by atoms with Gasteiger partial charge in [-0.05, 0) is 52.1 Å². The van der Waals surface area contributed by atoms with Crippen LogP contribution in [0.15, 0.2) is 0 Å². The molecule has 0 aromatic rings. The van der Waals surface area contributed by atoms with Gasteiger partial charge in [-0.3, -0.25) is 9.69 Å². The third kappa shape index (κ3) is 4.43. The molecule has 1 atom stereocenters. The minimum Gasteiger partial charge on any atom is -0.393 e. The average molecular weight is 283 g/mol. The molecule has 1 aliphatic carbocycles. The van der Waals surface area contributed by atoms with Crippen molar-refractivity contribution in [2.24, 2.45) is 5.73 Å². The van der Waals surface area contributed by atoms with Crippen molar-refractivity contribution in [3.8, 4) is 0 Å². The van der Waals surface area contributed by atoms with Gasteiger partial charge >= 0.3 is 0 Å². The molecule has 0 radical (unpaired) electrons. The predicted octanol–water partition coefficient (Wildman–Crippen LogP) is 0.562. The van der Waals surface area contributed by atoms with Gasteiger partial charge in [-0.1, -0.05) is 6.42 Å². The molecule has 5 heteroatoms. The van der Waals surface area contributed by atoms with Gasteiger partial charge in [0.15, 0.2) is 0 Å². The molecule has 2 aliphatic rings. The van der Waals surface area contributed by atoms with Gasteiger partial charge in [0.1, 0.15) is 0 Å². The number of nitrogens with zero attached hydrogens (tertiary/aromatic N) is 2. The number of likely N-dealkylation sites (tertiary alicyclic amines) is 1. The minimum absolute atomic E-state index is 0.0966. The summed E-state index contributed by atoms with van der Waals surface area (Å²) in [5.74, 6) is -0.222. The second kappa shape index (κ2) is 7.38. The fourth-order valence-corrected chi connectivity index (χ4v) is 3.66. The molecule has 0 bridgehead atoms. The zero-order valence-corrected chi connectivity index (χ0v) is 12.6. The van der Waals surface area contributed by atoms with E-state index in [2.05, 4.69) is 16.8 Å². The molecule has 3 N–H and O–H groups in total. The molecule has 5 nitrogen and oxygen atoms in total. The maximum absolute atomic E-state index is 11.2. The third-order valence-corrected chi connectivity index (χ3v) is 4.90. The maximum Gasteiger partial charge on any atom is 0.231 e. The van der Waals surface area contributed by atoms with Crippen LogP contribution in [-0.2, 0) is 4.79 Å². The van der Waals surface area contributed by atoms with E-state index in [1.165, 1.54) is 12.8 Å². The van der Waals surface area contributed by atoms with Crippen molar-refractivity contribution in [2.45, 2.75) is 63.1 Å². The lowest BCUT2D eigenvalue weighted by Gasteiger charge is -2.40. The molecule has 0 spiro atoms. The lowest BCUT2D eigenvalue weighted by molar-refractivity contribution is -0.120. The van der Waals surface area contributed by atoms with Gasteiger partial charge in [0.2, 0.25) is 5.91 Å². The van der Waals surface area contributed by atoms with E-state index in [1.807, 2.05) is 0 Å². The van der Waals surface area contributed by atoms with Crippen LogP contribution in [0.4, 0.5) is 0 Å². The zero-order valence-electron chi connectivity index (χ0n) is 12.6. The van der Waals surface area contributed by atoms with E-state index >= 15 is 0 Å². The second-order valence-corrected chi connectivity index (χ2v) is 6.49. The van der Waals surface area contributed by atoms with Crippen LogP contribution in [0.1, 0.15) is 44.9 Å². The topological polar surface area (TPSA) is 69.8 Å². The Hall–Kier alpha value is -0.650. The molecule has 0 aromatic carbocycles. The normalized spacial score (nSPS) is 32.5. The van der Waals surface area contributed by atoms with Crippen molar-refractivity contribution in [3.63, 3.8) is 0 Å². The van der Waals surface area contributed by atoms with Crippen LogP contribution in [0.5, 0.6) is 0 Å². The summed E-state index contributed by atoms with van der Waals surface area (Å²) in [5, 5.41) is 9.59. The summed E-state index contributed by atoms with van der Waals surface area (Å²) in [4.78, 5) is 15.9. The van der Waals surface area contributed by atoms with E-state index in [4.69, 9.17) is 5.73 Å².